The Morgan fingerprint density at radius 2 is 1.64 bits per heavy atom. The minimum atomic E-state index is -0.0492. The van der Waals surface area contributed by atoms with Gasteiger partial charge >= 0.3 is 0 Å². The summed E-state index contributed by atoms with van der Waals surface area (Å²) < 4.78 is 5.54. The summed E-state index contributed by atoms with van der Waals surface area (Å²) in [7, 11) is 0. The molecule has 0 aromatic carbocycles. The summed E-state index contributed by atoms with van der Waals surface area (Å²) in [5.41, 5.74) is 0. The number of rotatable bonds is 2. The fraction of sp³-hybridized carbons (Fsp3) is 0.917. The lowest BCUT2D eigenvalue weighted by molar-refractivity contribution is -0.138. The summed E-state index contributed by atoms with van der Waals surface area (Å²) in [5, 5.41) is 0. The van der Waals surface area contributed by atoms with Crippen LogP contribution in [0.25, 0.3) is 0 Å². The Morgan fingerprint density at radius 3 is 2.29 bits per heavy atom. The van der Waals surface area contributed by atoms with E-state index in [9.17, 15) is 4.79 Å². The third-order valence-corrected chi connectivity index (χ3v) is 3.50. The van der Waals surface area contributed by atoms with Gasteiger partial charge in [-0.2, -0.15) is 0 Å². The Balaban J connectivity index is 1.85. The standard InChI is InChI=1S/C12H20O2/c13-12(10-6-2-1-3-7-10)11-8-4-5-9-14-11/h10-11H,1-9H2/t11-/m1/s1. The van der Waals surface area contributed by atoms with E-state index in [1.165, 1.54) is 25.7 Å². The molecule has 0 aromatic heterocycles. The number of hydrogen-bond donors (Lipinski definition) is 0. The Hall–Kier alpha value is -0.370. The average Bonchev–Trinajstić information content (AvgIpc) is 2.30. The van der Waals surface area contributed by atoms with Crippen molar-refractivity contribution in [1.82, 2.24) is 0 Å². The number of carbonyl (C=O) groups excluding carboxylic acids is 1. The first-order valence-corrected chi connectivity index (χ1v) is 6.03. The van der Waals surface area contributed by atoms with Gasteiger partial charge in [0.15, 0.2) is 5.78 Å². The molecular weight excluding hydrogens is 176 g/mol. The molecule has 14 heavy (non-hydrogen) atoms. The molecule has 1 aliphatic carbocycles. The molecule has 2 fully saturated rings. The molecule has 80 valence electrons. The summed E-state index contributed by atoms with van der Waals surface area (Å²) in [6, 6.07) is 0. The predicted octanol–water partition coefficient (Wildman–Crippen LogP) is 2.70. The van der Waals surface area contributed by atoms with Crippen molar-refractivity contribution < 1.29 is 9.53 Å². The maximum absolute atomic E-state index is 12.0. The van der Waals surface area contributed by atoms with Gasteiger partial charge in [0.1, 0.15) is 6.10 Å². The summed E-state index contributed by atoms with van der Waals surface area (Å²) in [6.45, 7) is 0.795. The minimum absolute atomic E-state index is 0.0492. The quantitative estimate of drug-likeness (QED) is 0.678. The van der Waals surface area contributed by atoms with E-state index in [1.54, 1.807) is 0 Å². The Morgan fingerprint density at radius 1 is 0.929 bits per heavy atom. The van der Waals surface area contributed by atoms with Crippen molar-refractivity contribution >= 4 is 5.78 Å². The van der Waals surface area contributed by atoms with Crippen LogP contribution in [-0.2, 0) is 9.53 Å². The van der Waals surface area contributed by atoms with Crippen LogP contribution in [0.1, 0.15) is 51.4 Å². The minimum Gasteiger partial charge on any atom is -0.370 e. The lowest BCUT2D eigenvalue weighted by Crippen LogP contribution is -2.34. The smallest absolute Gasteiger partial charge is 0.164 e. The predicted molar refractivity (Wildman–Crippen MR) is 55.2 cm³/mol. The van der Waals surface area contributed by atoms with Gasteiger partial charge in [-0.05, 0) is 32.1 Å². The van der Waals surface area contributed by atoms with Crippen LogP contribution >= 0.6 is 0 Å². The van der Waals surface area contributed by atoms with Crippen molar-refractivity contribution in [2.45, 2.75) is 57.5 Å². The molecule has 1 saturated carbocycles. The van der Waals surface area contributed by atoms with Crippen LogP contribution in [0.15, 0.2) is 0 Å². The molecule has 0 amide bonds. The van der Waals surface area contributed by atoms with E-state index in [0.29, 0.717) is 11.7 Å². The second-order valence-corrected chi connectivity index (χ2v) is 4.59. The van der Waals surface area contributed by atoms with Gasteiger partial charge in [-0.3, -0.25) is 4.79 Å². The highest BCUT2D eigenvalue weighted by Gasteiger charge is 2.29. The molecule has 0 bridgehead atoms. The van der Waals surface area contributed by atoms with Crippen LogP contribution < -0.4 is 0 Å². The molecule has 0 aromatic rings. The zero-order valence-corrected chi connectivity index (χ0v) is 8.84. The molecule has 0 unspecified atom stereocenters. The van der Waals surface area contributed by atoms with Gasteiger partial charge in [-0.15, -0.1) is 0 Å². The third kappa shape index (κ3) is 2.35. The number of ketones is 1. The molecule has 1 aliphatic heterocycles. The number of Topliss-reactive ketones (excluding diaryl/α,β-unsaturated/α-hetero) is 1. The SMILES string of the molecule is O=C(C1CCCCC1)[C@H]1CCCCO1. The van der Waals surface area contributed by atoms with Crippen LogP contribution in [0.4, 0.5) is 0 Å². The Labute approximate surface area is 86.0 Å². The molecule has 1 heterocycles. The van der Waals surface area contributed by atoms with Crippen LogP contribution in [0.3, 0.4) is 0 Å². The molecule has 2 heteroatoms. The van der Waals surface area contributed by atoms with Gasteiger partial charge in [0.2, 0.25) is 0 Å². The van der Waals surface area contributed by atoms with E-state index in [4.69, 9.17) is 4.74 Å². The normalized spacial score (nSPS) is 30.1. The highest BCUT2D eigenvalue weighted by molar-refractivity contribution is 5.85. The molecule has 0 spiro atoms. The van der Waals surface area contributed by atoms with Crippen LogP contribution in [0.2, 0.25) is 0 Å². The monoisotopic (exact) mass is 196 g/mol. The van der Waals surface area contributed by atoms with Gasteiger partial charge in [-0.1, -0.05) is 19.3 Å². The summed E-state index contributed by atoms with van der Waals surface area (Å²) in [5.74, 6) is 0.733. The van der Waals surface area contributed by atoms with Crippen molar-refractivity contribution in [3.63, 3.8) is 0 Å². The van der Waals surface area contributed by atoms with Gasteiger partial charge in [-0.25, -0.2) is 0 Å². The van der Waals surface area contributed by atoms with Crippen molar-refractivity contribution in [1.29, 1.82) is 0 Å². The van der Waals surface area contributed by atoms with Crippen molar-refractivity contribution in [2.75, 3.05) is 6.61 Å². The highest BCUT2D eigenvalue weighted by Crippen LogP contribution is 2.28. The topological polar surface area (TPSA) is 26.3 Å². The van der Waals surface area contributed by atoms with Gasteiger partial charge in [0.05, 0.1) is 0 Å². The maximum atomic E-state index is 12.0. The van der Waals surface area contributed by atoms with E-state index in [2.05, 4.69) is 0 Å². The highest BCUT2D eigenvalue weighted by atomic mass is 16.5. The molecule has 0 N–H and O–H groups in total. The fourth-order valence-electron chi connectivity index (χ4n) is 2.62. The lowest BCUT2D eigenvalue weighted by Gasteiger charge is -2.27. The second kappa shape index (κ2) is 4.92. The van der Waals surface area contributed by atoms with E-state index in [-0.39, 0.29) is 6.10 Å². The average molecular weight is 196 g/mol. The first kappa shape index (κ1) is 10.2. The van der Waals surface area contributed by atoms with E-state index >= 15 is 0 Å². The molecule has 2 rings (SSSR count). The largest absolute Gasteiger partial charge is 0.370 e. The van der Waals surface area contributed by atoms with Crippen molar-refractivity contribution in [2.24, 2.45) is 5.92 Å². The summed E-state index contributed by atoms with van der Waals surface area (Å²) >= 11 is 0. The Bertz CT molecular complexity index is 168. The van der Waals surface area contributed by atoms with Crippen LogP contribution in [0.5, 0.6) is 0 Å². The molecule has 2 nitrogen and oxygen atoms in total. The van der Waals surface area contributed by atoms with Crippen molar-refractivity contribution in [3.8, 4) is 0 Å². The van der Waals surface area contributed by atoms with Gasteiger partial charge < -0.3 is 4.74 Å². The summed E-state index contributed by atoms with van der Waals surface area (Å²) in [6.07, 6.45) is 9.23. The molecule has 0 radical (unpaired) electrons. The Kier molecular flexibility index (Phi) is 3.57. The second-order valence-electron chi connectivity index (χ2n) is 4.59. The summed E-state index contributed by atoms with van der Waals surface area (Å²) in [4.78, 5) is 12.0. The van der Waals surface area contributed by atoms with Crippen LogP contribution in [-0.4, -0.2) is 18.5 Å². The molecule has 1 saturated heterocycles. The van der Waals surface area contributed by atoms with Gasteiger partial charge in [0, 0.05) is 12.5 Å². The van der Waals surface area contributed by atoms with E-state index in [0.717, 1.165) is 32.3 Å². The number of carbonyl (C=O) groups is 1. The fourth-order valence-corrected chi connectivity index (χ4v) is 2.62. The first-order chi connectivity index (χ1) is 6.88. The first-order valence-electron chi connectivity index (χ1n) is 6.03. The lowest BCUT2D eigenvalue weighted by atomic mass is 9.83. The molecular formula is C12H20O2. The number of ether oxygens (including phenoxy) is 1. The van der Waals surface area contributed by atoms with Gasteiger partial charge in [0.25, 0.3) is 0 Å². The van der Waals surface area contributed by atoms with Crippen LogP contribution in [0, 0.1) is 5.92 Å². The maximum Gasteiger partial charge on any atom is 0.164 e. The number of hydrogen-bond acceptors (Lipinski definition) is 2. The zero-order chi connectivity index (χ0) is 9.80. The van der Waals surface area contributed by atoms with E-state index in [1.807, 2.05) is 0 Å². The van der Waals surface area contributed by atoms with E-state index < -0.39 is 0 Å². The van der Waals surface area contributed by atoms with Crippen molar-refractivity contribution in [3.05, 3.63) is 0 Å². The molecule has 1 atom stereocenters. The molecule has 2 aliphatic rings. The third-order valence-electron chi connectivity index (χ3n) is 3.50. The zero-order valence-electron chi connectivity index (χ0n) is 8.84.